The van der Waals surface area contributed by atoms with Crippen LogP contribution in [-0.2, 0) is 0 Å². The summed E-state index contributed by atoms with van der Waals surface area (Å²) >= 11 is 0. The van der Waals surface area contributed by atoms with E-state index in [4.69, 9.17) is 12.3 Å². The number of fused-ring (bicyclic) bond motifs is 1. The fraction of sp³-hybridized carbons (Fsp3) is 0.100. The van der Waals surface area contributed by atoms with E-state index in [2.05, 4.69) is 20.1 Å². The molecule has 0 aliphatic heterocycles. The number of hydrogen-bond acceptors (Lipinski definition) is 5. The molecule has 0 bridgehead atoms. The second-order valence-corrected chi connectivity index (χ2v) is 6.39. The van der Waals surface area contributed by atoms with Gasteiger partial charge in [-0.15, -0.1) is 0 Å². The number of nitrogens with two attached hydrogens (primary N) is 1. The zero-order valence-corrected chi connectivity index (χ0v) is 15.4. The average molecular weight is 389 g/mol. The molecule has 0 amide bonds. The number of rotatable bonds is 4. The molecule has 3 aromatic heterocycles. The Hall–Kier alpha value is -4.19. The van der Waals surface area contributed by atoms with E-state index in [0.29, 0.717) is 11.4 Å². The van der Waals surface area contributed by atoms with Gasteiger partial charge in [-0.1, -0.05) is 18.2 Å². The van der Waals surface area contributed by atoms with Crippen LogP contribution in [0.25, 0.3) is 16.0 Å². The maximum Gasteiger partial charge on any atom is 0.282 e. The van der Waals surface area contributed by atoms with Crippen LogP contribution in [0.15, 0.2) is 59.8 Å². The highest BCUT2D eigenvalue weighted by molar-refractivity contribution is 5.66. The van der Waals surface area contributed by atoms with Crippen molar-refractivity contribution in [3.63, 3.8) is 0 Å². The van der Waals surface area contributed by atoms with E-state index in [1.165, 1.54) is 27.4 Å². The summed E-state index contributed by atoms with van der Waals surface area (Å²) in [5.41, 5.74) is 6.47. The van der Waals surface area contributed by atoms with E-state index in [-0.39, 0.29) is 23.0 Å². The minimum absolute atomic E-state index is 0.0236. The predicted molar refractivity (Wildman–Crippen MR) is 108 cm³/mol. The molecule has 0 aliphatic rings. The molecule has 0 saturated heterocycles. The van der Waals surface area contributed by atoms with Gasteiger partial charge in [0.1, 0.15) is 11.3 Å². The molecule has 3 heterocycles. The zero-order chi connectivity index (χ0) is 20.5. The van der Waals surface area contributed by atoms with Crippen LogP contribution >= 0.6 is 0 Å². The highest BCUT2D eigenvalue weighted by atomic mass is 19.1. The molecule has 1 aromatic carbocycles. The average Bonchev–Trinajstić information content (AvgIpc) is 3.09. The molecule has 0 fully saturated rings. The Labute approximate surface area is 164 Å². The van der Waals surface area contributed by atoms with Crippen LogP contribution < -0.4 is 16.6 Å². The van der Waals surface area contributed by atoms with Gasteiger partial charge >= 0.3 is 0 Å². The van der Waals surface area contributed by atoms with E-state index in [1.54, 1.807) is 30.5 Å². The third-order valence-electron chi connectivity index (χ3n) is 4.52. The summed E-state index contributed by atoms with van der Waals surface area (Å²) in [6.45, 7) is 9.10. The number of anilines is 2. The molecule has 8 nitrogen and oxygen atoms in total. The molecule has 0 saturated carbocycles. The van der Waals surface area contributed by atoms with Crippen molar-refractivity contribution in [2.75, 3.05) is 11.1 Å². The lowest BCUT2D eigenvalue weighted by molar-refractivity contribution is 0.636. The summed E-state index contributed by atoms with van der Waals surface area (Å²) in [7, 11) is 0. The summed E-state index contributed by atoms with van der Waals surface area (Å²) < 4.78 is 17.1. The maximum absolute atomic E-state index is 14.2. The molecule has 29 heavy (non-hydrogen) atoms. The van der Waals surface area contributed by atoms with Crippen molar-refractivity contribution in [3.05, 3.63) is 88.3 Å². The minimum atomic E-state index is -0.592. The fourth-order valence-corrected chi connectivity index (χ4v) is 3.17. The van der Waals surface area contributed by atoms with Crippen molar-refractivity contribution >= 4 is 23.0 Å². The molecule has 0 spiro atoms. The van der Waals surface area contributed by atoms with E-state index in [1.807, 2.05) is 13.0 Å². The fourth-order valence-electron chi connectivity index (χ4n) is 3.17. The summed E-state index contributed by atoms with van der Waals surface area (Å²) in [6.07, 6.45) is 4.50. The Kier molecular flexibility index (Phi) is 4.44. The van der Waals surface area contributed by atoms with Gasteiger partial charge in [-0.2, -0.15) is 0 Å². The summed E-state index contributed by atoms with van der Waals surface area (Å²) in [5.74, 6) is -0.313. The molecule has 0 aliphatic carbocycles. The van der Waals surface area contributed by atoms with E-state index in [9.17, 15) is 9.18 Å². The Bertz CT molecular complexity index is 1300. The number of benzene rings is 1. The van der Waals surface area contributed by atoms with E-state index < -0.39 is 17.4 Å². The van der Waals surface area contributed by atoms with Crippen LogP contribution in [0, 0.1) is 12.4 Å². The van der Waals surface area contributed by atoms with Gasteiger partial charge in [0, 0.05) is 24.3 Å². The van der Waals surface area contributed by atoms with Crippen molar-refractivity contribution in [2.45, 2.75) is 13.0 Å². The quantitative estimate of drug-likeness (QED) is 0.522. The van der Waals surface area contributed by atoms with Crippen molar-refractivity contribution in [1.82, 2.24) is 18.9 Å². The largest absolute Gasteiger partial charge is 0.371 e. The lowest BCUT2D eigenvalue weighted by atomic mass is 10.2. The zero-order valence-electron chi connectivity index (χ0n) is 15.4. The van der Waals surface area contributed by atoms with E-state index in [0.717, 1.165) is 0 Å². The first kappa shape index (κ1) is 18.2. The van der Waals surface area contributed by atoms with Crippen LogP contribution in [0.1, 0.15) is 18.7 Å². The summed E-state index contributed by atoms with van der Waals surface area (Å²) in [4.78, 5) is 24.5. The van der Waals surface area contributed by atoms with Gasteiger partial charge in [0.05, 0.1) is 18.3 Å². The number of halogens is 1. The molecule has 9 heteroatoms. The molecule has 0 radical (unpaired) electrons. The lowest BCUT2D eigenvalue weighted by Crippen LogP contribution is -2.27. The number of hydrogen-bond donors (Lipinski definition) is 2. The lowest BCUT2D eigenvalue weighted by Gasteiger charge is -2.21. The van der Waals surface area contributed by atoms with Crippen LogP contribution in [0.3, 0.4) is 0 Å². The first-order chi connectivity index (χ1) is 14.0. The smallest absolute Gasteiger partial charge is 0.282 e. The van der Waals surface area contributed by atoms with E-state index >= 15 is 0 Å². The van der Waals surface area contributed by atoms with Gasteiger partial charge in [-0.05, 0) is 25.1 Å². The molecule has 4 aromatic rings. The first-order valence-electron chi connectivity index (χ1n) is 8.73. The first-order valence-corrected chi connectivity index (χ1v) is 8.73. The predicted octanol–water partition coefficient (Wildman–Crippen LogP) is 3.33. The van der Waals surface area contributed by atoms with Crippen LogP contribution in [0.4, 0.5) is 21.8 Å². The summed E-state index contributed by atoms with van der Waals surface area (Å²) in [5, 5.41) is 3.12. The number of nitrogens with one attached hydrogen (secondary N) is 1. The molecular weight excluding hydrogens is 373 g/mol. The van der Waals surface area contributed by atoms with Gasteiger partial charge < -0.3 is 15.5 Å². The van der Waals surface area contributed by atoms with Crippen molar-refractivity contribution < 1.29 is 4.39 Å². The number of nitrogens with zero attached hydrogens (tertiary/aromatic N) is 5. The topological polar surface area (TPSA) is 94.6 Å². The number of para-hydroxylation sites is 1. The van der Waals surface area contributed by atoms with Gasteiger partial charge in [0.25, 0.3) is 5.56 Å². The number of nitrogen functional groups attached to an aromatic ring is 1. The third-order valence-corrected chi connectivity index (χ3v) is 4.52. The second-order valence-electron chi connectivity index (χ2n) is 6.39. The molecule has 3 N–H and O–H groups in total. The normalized spacial score (nSPS) is 11.9. The standard InChI is InChI=1S/C20H16FN7O/c1-12(25-18-15(23-2)10-24-20(22)26-18)16-11-27-9-8-14(21)17(27)19(29)28(16)13-6-4-3-5-7-13/h3-12H,1H3,(H3,22,24,25,26)/t12-/m1/s1. The molecule has 1 atom stereocenters. The molecule has 0 unspecified atom stereocenters. The summed E-state index contributed by atoms with van der Waals surface area (Å²) in [6, 6.07) is 9.74. The Morgan fingerprint density at radius 3 is 2.76 bits per heavy atom. The van der Waals surface area contributed by atoms with Gasteiger partial charge in [0.15, 0.2) is 5.82 Å². The SMILES string of the molecule is [C-]#[N+]c1cnc(N)nc1N[C@H](C)c1cn2ccc(F)c2c(=O)n1-c1ccccc1. The van der Waals surface area contributed by atoms with Crippen molar-refractivity contribution in [2.24, 2.45) is 0 Å². The Morgan fingerprint density at radius 1 is 1.28 bits per heavy atom. The van der Waals surface area contributed by atoms with Gasteiger partial charge in [-0.3, -0.25) is 9.36 Å². The van der Waals surface area contributed by atoms with Crippen LogP contribution in [-0.4, -0.2) is 18.9 Å². The maximum atomic E-state index is 14.2. The Morgan fingerprint density at radius 2 is 2.03 bits per heavy atom. The monoisotopic (exact) mass is 389 g/mol. The molecule has 4 rings (SSSR count). The van der Waals surface area contributed by atoms with Gasteiger partial charge in [-0.25, -0.2) is 19.2 Å². The highest BCUT2D eigenvalue weighted by Crippen LogP contribution is 2.27. The van der Waals surface area contributed by atoms with Crippen LogP contribution in [0.2, 0.25) is 0 Å². The molecule has 144 valence electrons. The van der Waals surface area contributed by atoms with Crippen molar-refractivity contribution in [3.8, 4) is 5.69 Å². The second kappa shape index (κ2) is 7.09. The number of aromatic nitrogens is 4. The Balaban J connectivity index is 1.90. The van der Waals surface area contributed by atoms with Crippen LogP contribution in [0.5, 0.6) is 0 Å². The minimum Gasteiger partial charge on any atom is -0.371 e. The van der Waals surface area contributed by atoms with Crippen molar-refractivity contribution in [1.29, 1.82) is 0 Å². The van der Waals surface area contributed by atoms with Gasteiger partial charge in [0.2, 0.25) is 11.6 Å². The molecular formula is C20H16FN7O. The third kappa shape index (κ3) is 3.17. The highest BCUT2D eigenvalue weighted by Gasteiger charge is 2.20.